The molecule has 0 aromatic heterocycles. The summed E-state index contributed by atoms with van der Waals surface area (Å²) in [6, 6.07) is 0. The smallest absolute Gasteiger partial charge is 0.00848 e. The molecule has 4 rings (SSSR count). The van der Waals surface area contributed by atoms with Crippen molar-refractivity contribution in [3.63, 3.8) is 0 Å². The Hall–Kier alpha value is -0.520. The van der Waals surface area contributed by atoms with Crippen molar-refractivity contribution >= 4 is 0 Å². The van der Waals surface area contributed by atoms with E-state index in [1.165, 1.54) is 70.6 Å². The lowest BCUT2D eigenvalue weighted by molar-refractivity contribution is -0.131. The molecule has 134 valence electrons. The lowest BCUT2D eigenvalue weighted by Gasteiger charge is -2.66. The van der Waals surface area contributed by atoms with Crippen LogP contribution in [0.4, 0.5) is 0 Å². The molecule has 24 heavy (non-hydrogen) atoms. The van der Waals surface area contributed by atoms with Crippen LogP contribution in [0.15, 0.2) is 24.3 Å². The number of allylic oxidation sites excluding steroid dienone is 2. The first-order valence-corrected chi connectivity index (χ1v) is 10.7. The van der Waals surface area contributed by atoms with Gasteiger partial charge in [0.2, 0.25) is 0 Å². The highest BCUT2D eigenvalue weighted by Gasteiger charge is 2.63. The van der Waals surface area contributed by atoms with Crippen molar-refractivity contribution in [2.75, 3.05) is 0 Å². The first kappa shape index (κ1) is 16.9. The summed E-state index contributed by atoms with van der Waals surface area (Å²) >= 11 is 0. The summed E-state index contributed by atoms with van der Waals surface area (Å²) < 4.78 is 0. The average Bonchev–Trinajstić information content (AvgIpc) is 2.84. The van der Waals surface area contributed by atoms with E-state index in [1.54, 1.807) is 11.1 Å². The van der Waals surface area contributed by atoms with Gasteiger partial charge in [-0.1, -0.05) is 64.3 Å². The topological polar surface area (TPSA) is 0 Å². The highest BCUT2D eigenvalue weighted by atomic mass is 14.7. The lowest BCUT2D eigenvalue weighted by Crippen LogP contribution is -2.57. The Bertz CT molecular complexity index is 552. The summed E-state index contributed by atoms with van der Waals surface area (Å²) in [6.45, 7) is 16.9. The van der Waals surface area contributed by atoms with E-state index in [0.717, 1.165) is 17.8 Å². The SMILES string of the molecule is C=C1CC2(CCC)CCCCC2(C)C2CCC3(C)C(=C)CCC3C12. The molecule has 0 aromatic rings. The Balaban J connectivity index is 1.75. The van der Waals surface area contributed by atoms with Crippen LogP contribution in [0.5, 0.6) is 0 Å². The van der Waals surface area contributed by atoms with E-state index in [-0.39, 0.29) is 0 Å². The van der Waals surface area contributed by atoms with E-state index in [0.29, 0.717) is 16.2 Å². The average molecular weight is 327 g/mol. The largest absolute Gasteiger partial charge is 0.0995 e. The second-order valence-electron chi connectivity index (χ2n) is 10.3. The van der Waals surface area contributed by atoms with Crippen LogP contribution in [-0.4, -0.2) is 0 Å². The normalized spacial score (nSPS) is 51.0. The van der Waals surface area contributed by atoms with Crippen LogP contribution in [0.3, 0.4) is 0 Å². The van der Waals surface area contributed by atoms with Gasteiger partial charge in [-0.2, -0.15) is 0 Å². The zero-order valence-electron chi connectivity index (χ0n) is 16.4. The van der Waals surface area contributed by atoms with Gasteiger partial charge in [-0.15, -0.1) is 0 Å². The van der Waals surface area contributed by atoms with Crippen LogP contribution in [0.25, 0.3) is 0 Å². The fraction of sp³-hybridized carbons (Fsp3) is 0.833. The molecular formula is C24H38. The van der Waals surface area contributed by atoms with Crippen molar-refractivity contribution in [2.24, 2.45) is 34.0 Å². The summed E-state index contributed by atoms with van der Waals surface area (Å²) in [5.41, 5.74) is 4.75. The summed E-state index contributed by atoms with van der Waals surface area (Å²) in [5.74, 6) is 2.53. The summed E-state index contributed by atoms with van der Waals surface area (Å²) in [4.78, 5) is 0. The summed E-state index contributed by atoms with van der Waals surface area (Å²) in [7, 11) is 0. The monoisotopic (exact) mass is 326 g/mol. The van der Waals surface area contributed by atoms with Crippen molar-refractivity contribution in [3.05, 3.63) is 24.3 Å². The molecule has 4 saturated carbocycles. The quantitative estimate of drug-likeness (QED) is 0.467. The second kappa shape index (κ2) is 5.49. The highest BCUT2D eigenvalue weighted by Crippen LogP contribution is 2.72. The minimum atomic E-state index is 0.417. The third-order valence-corrected chi connectivity index (χ3v) is 9.62. The van der Waals surface area contributed by atoms with E-state index >= 15 is 0 Å². The molecule has 0 radical (unpaired) electrons. The molecule has 6 atom stereocenters. The molecule has 0 heterocycles. The van der Waals surface area contributed by atoms with Gasteiger partial charge >= 0.3 is 0 Å². The van der Waals surface area contributed by atoms with Crippen molar-refractivity contribution in [1.82, 2.24) is 0 Å². The van der Waals surface area contributed by atoms with E-state index in [4.69, 9.17) is 6.58 Å². The second-order valence-corrected chi connectivity index (χ2v) is 10.3. The van der Waals surface area contributed by atoms with Gasteiger partial charge in [-0.05, 0) is 85.4 Å². The molecule has 0 aromatic carbocycles. The maximum absolute atomic E-state index is 4.73. The molecule has 0 N–H and O–H groups in total. The number of rotatable bonds is 2. The molecule has 4 aliphatic carbocycles. The van der Waals surface area contributed by atoms with Crippen LogP contribution in [-0.2, 0) is 0 Å². The van der Waals surface area contributed by atoms with Gasteiger partial charge in [-0.25, -0.2) is 0 Å². The van der Waals surface area contributed by atoms with Gasteiger partial charge in [0.15, 0.2) is 0 Å². The maximum atomic E-state index is 4.73. The van der Waals surface area contributed by atoms with Gasteiger partial charge in [-0.3, -0.25) is 0 Å². The van der Waals surface area contributed by atoms with E-state index in [9.17, 15) is 0 Å². The highest BCUT2D eigenvalue weighted by molar-refractivity contribution is 5.28. The Morgan fingerprint density at radius 3 is 2.50 bits per heavy atom. The molecule has 0 heteroatoms. The number of fused-ring (bicyclic) bond motifs is 5. The number of hydrogen-bond acceptors (Lipinski definition) is 0. The van der Waals surface area contributed by atoms with E-state index in [2.05, 4.69) is 27.4 Å². The van der Waals surface area contributed by atoms with Gasteiger partial charge in [0, 0.05) is 0 Å². The van der Waals surface area contributed by atoms with Crippen molar-refractivity contribution in [2.45, 2.75) is 91.4 Å². The zero-order valence-corrected chi connectivity index (χ0v) is 16.4. The standard InChI is InChI=1S/C24H38/c1-6-12-24-14-8-7-13-23(24,5)20-11-15-22(4)18(3)9-10-19(22)21(20)17(2)16-24/h19-21H,2-3,6-16H2,1,4-5H3. The molecule has 0 aliphatic heterocycles. The Morgan fingerprint density at radius 2 is 1.75 bits per heavy atom. The Kier molecular flexibility index (Phi) is 3.87. The predicted molar refractivity (Wildman–Crippen MR) is 104 cm³/mol. The fourth-order valence-electron chi connectivity index (χ4n) is 8.24. The third kappa shape index (κ3) is 1.98. The van der Waals surface area contributed by atoms with Crippen LogP contribution in [0.1, 0.15) is 91.4 Å². The first-order valence-electron chi connectivity index (χ1n) is 10.7. The molecule has 0 bridgehead atoms. The zero-order chi connectivity index (χ0) is 17.2. The van der Waals surface area contributed by atoms with Gasteiger partial charge in [0.05, 0.1) is 0 Å². The maximum Gasteiger partial charge on any atom is -0.00848 e. The number of hydrogen-bond donors (Lipinski definition) is 0. The van der Waals surface area contributed by atoms with Gasteiger partial charge in [0.1, 0.15) is 0 Å². The molecule has 0 amide bonds. The lowest BCUT2D eigenvalue weighted by atomic mass is 9.39. The van der Waals surface area contributed by atoms with Crippen LogP contribution in [0.2, 0.25) is 0 Å². The molecule has 4 aliphatic rings. The predicted octanol–water partition coefficient (Wildman–Crippen LogP) is 7.31. The van der Waals surface area contributed by atoms with Crippen molar-refractivity contribution < 1.29 is 0 Å². The molecule has 6 unspecified atom stereocenters. The molecule has 0 spiro atoms. The minimum absolute atomic E-state index is 0.417. The molecule has 4 fully saturated rings. The van der Waals surface area contributed by atoms with Crippen LogP contribution in [0, 0.1) is 34.0 Å². The molecule has 0 saturated heterocycles. The summed E-state index contributed by atoms with van der Waals surface area (Å²) in [6.07, 6.45) is 15.4. The van der Waals surface area contributed by atoms with Crippen molar-refractivity contribution in [1.29, 1.82) is 0 Å². The Labute approximate surface area is 150 Å². The minimum Gasteiger partial charge on any atom is -0.0995 e. The van der Waals surface area contributed by atoms with Crippen LogP contribution >= 0.6 is 0 Å². The van der Waals surface area contributed by atoms with E-state index < -0.39 is 0 Å². The molecule has 0 nitrogen and oxygen atoms in total. The van der Waals surface area contributed by atoms with Gasteiger partial charge in [0.25, 0.3) is 0 Å². The fourth-order valence-corrected chi connectivity index (χ4v) is 8.24. The molecular weight excluding hydrogens is 288 g/mol. The van der Waals surface area contributed by atoms with Gasteiger partial charge < -0.3 is 0 Å². The summed E-state index contributed by atoms with van der Waals surface area (Å²) in [5, 5.41) is 0. The van der Waals surface area contributed by atoms with Crippen LogP contribution < -0.4 is 0 Å². The Morgan fingerprint density at radius 1 is 1.00 bits per heavy atom. The van der Waals surface area contributed by atoms with Crippen molar-refractivity contribution in [3.8, 4) is 0 Å². The van der Waals surface area contributed by atoms with E-state index in [1.807, 2.05) is 0 Å². The third-order valence-electron chi connectivity index (χ3n) is 9.62. The first-order chi connectivity index (χ1) is 11.4.